The van der Waals surface area contributed by atoms with Crippen LogP contribution in [0.3, 0.4) is 0 Å². The van der Waals surface area contributed by atoms with Crippen molar-refractivity contribution in [3.8, 4) is 0 Å². The minimum absolute atomic E-state index is 0.339. The Hall–Kier alpha value is 0.469. The Balaban J connectivity index is 3.23. The number of hydrogen-bond acceptors (Lipinski definition) is 1. The van der Waals surface area contributed by atoms with Gasteiger partial charge in [0.2, 0.25) is 0 Å². The van der Waals surface area contributed by atoms with Crippen molar-refractivity contribution >= 4 is 26.0 Å². The summed E-state index contributed by atoms with van der Waals surface area (Å²) in [5.74, 6) is 0.339. The van der Waals surface area contributed by atoms with Crippen LogP contribution in [0.15, 0.2) is 0 Å². The maximum atomic E-state index is 10.1. The SMILES string of the molecule is CC(C=O)[CH2][SnH]([CH3])[CH3]. The van der Waals surface area contributed by atoms with Crippen molar-refractivity contribution in [2.24, 2.45) is 5.92 Å². The molecule has 0 aliphatic carbocycles. The van der Waals surface area contributed by atoms with E-state index in [1.54, 1.807) is 0 Å². The number of carbonyl (C=O) groups is 1. The van der Waals surface area contributed by atoms with Crippen molar-refractivity contribution in [1.82, 2.24) is 0 Å². The van der Waals surface area contributed by atoms with Gasteiger partial charge < -0.3 is 0 Å². The molecule has 0 heterocycles. The second-order valence-electron chi connectivity index (χ2n) is 2.74. The van der Waals surface area contributed by atoms with Gasteiger partial charge in [0, 0.05) is 0 Å². The molecule has 0 bridgehead atoms. The monoisotopic (exact) mass is 222 g/mol. The molecule has 48 valence electrons. The molecule has 0 aromatic carbocycles. The van der Waals surface area contributed by atoms with Gasteiger partial charge in [-0.05, 0) is 0 Å². The summed E-state index contributed by atoms with van der Waals surface area (Å²) in [6.07, 6.45) is 1.07. The fourth-order valence-electron chi connectivity index (χ4n) is 0.799. The van der Waals surface area contributed by atoms with Gasteiger partial charge in [-0.15, -0.1) is 0 Å². The molecule has 1 nitrogen and oxygen atoms in total. The first-order valence-electron chi connectivity index (χ1n) is 3.12. The molecule has 2 heteroatoms. The predicted octanol–water partition coefficient (Wildman–Crippen LogP) is 1.31. The van der Waals surface area contributed by atoms with Crippen LogP contribution in [0.5, 0.6) is 0 Å². The molecule has 0 fully saturated rings. The molecule has 1 atom stereocenters. The first-order valence-corrected chi connectivity index (χ1v) is 12.0. The van der Waals surface area contributed by atoms with Crippen LogP contribution >= 0.6 is 0 Å². The number of hydrogen-bond donors (Lipinski definition) is 0. The zero-order valence-corrected chi connectivity index (χ0v) is 9.14. The Kier molecular flexibility index (Phi) is 4.61. The van der Waals surface area contributed by atoms with Crippen LogP contribution in [0.4, 0.5) is 0 Å². The second-order valence-corrected chi connectivity index (χ2v) is 12.0. The third kappa shape index (κ3) is 4.62. The van der Waals surface area contributed by atoms with Crippen LogP contribution in [-0.4, -0.2) is 26.0 Å². The summed E-state index contributed by atoms with van der Waals surface area (Å²) in [7, 11) is 0. The fourth-order valence-corrected chi connectivity index (χ4v) is 5.36. The van der Waals surface area contributed by atoms with Crippen molar-refractivity contribution in [3.63, 3.8) is 0 Å². The van der Waals surface area contributed by atoms with E-state index in [1.807, 2.05) is 6.92 Å². The van der Waals surface area contributed by atoms with Crippen LogP contribution in [-0.2, 0) is 4.79 Å². The van der Waals surface area contributed by atoms with Crippen molar-refractivity contribution in [3.05, 3.63) is 0 Å². The van der Waals surface area contributed by atoms with Crippen LogP contribution < -0.4 is 0 Å². The predicted molar refractivity (Wildman–Crippen MR) is 38.9 cm³/mol. The first-order chi connectivity index (χ1) is 3.66. The van der Waals surface area contributed by atoms with E-state index in [0.717, 1.165) is 6.29 Å². The summed E-state index contributed by atoms with van der Waals surface area (Å²) in [5, 5.41) is 0. The third-order valence-electron chi connectivity index (χ3n) is 1.08. The quantitative estimate of drug-likeness (QED) is 0.518. The van der Waals surface area contributed by atoms with Gasteiger partial charge in [-0.25, -0.2) is 0 Å². The molecule has 8 heavy (non-hydrogen) atoms. The Morgan fingerprint density at radius 1 is 1.62 bits per heavy atom. The van der Waals surface area contributed by atoms with Gasteiger partial charge in [-0.2, -0.15) is 0 Å². The summed E-state index contributed by atoms with van der Waals surface area (Å²) >= 11 is -1.05. The van der Waals surface area contributed by atoms with Gasteiger partial charge in [0.1, 0.15) is 0 Å². The summed E-state index contributed by atoms with van der Waals surface area (Å²) in [4.78, 5) is 14.7. The van der Waals surface area contributed by atoms with Crippen LogP contribution in [0.1, 0.15) is 6.92 Å². The number of aldehydes is 1. The number of carbonyl (C=O) groups excluding carboxylic acids is 1. The normalized spacial score (nSPS) is 14.0. The molecule has 0 aliphatic rings. The van der Waals surface area contributed by atoms with E-state index in [0.29, 0.717) is 5.92 Å². The maximum absolute atomic E-state index is 10.1. The summed E-state index contributed by atoms with van der Waals surface area (Å²) in [5.41, 5.74) is 0. The number of rotatable bonds is 3. The Bertz CT molecular complexity index is 70.9. The van der Waals surface area contributed by atoms with E-state index in [2.05, 4.69) is 9.88 Å². The van der Waals surface area contributed by atoms with Gasteiger partial charge in [0.15, 0.2) is 0 Å². The molecule has 0 rings (SSSR count). The average Bonchev–Trinajstić information content (AvgIpc) is 1.65. The van der Waals surface area contributed by atoms with Gasteiger partial charge in [0.05, 0.1) is 0 Å². The molecular formula is C6H14OSn. The molecule has 0 radical (unpaired) electrons. The molecule has 0 spiro atoms. The molecule has 0 amide bonds. The molecule has 0 N–H and O–H groups in total. The van der Waals surface area contributed by atoms with Crippen LogP contribution in [0.2, 0.25) is 14.3 Å². The molecule has 0 saturated heterocycles. The average molecular weight is 221 g/mol. The summed E-state index contributed by atoms with van der Waals surface area (Å²) < 4.78 is 1.23. The van der Waals surface area contributed by atoms with E-state index in [9.17, 15) is 4.79 Å². The third-order valence-corrected chi connectivity index (χ3v) is 5.89. The molecule has 1 unspecified atom stereocenters. The standard InChI is InChI=1S/C4H7O.2CH3.Sn.H/c1-4(2)3-5;;;;/h3-4H,1H2,2H3;2*1H3;;. The molecule has 0 saturated carbocycles. The van der Waals surface area contributed by atoms with Gasteiger partial charge >= 0.3 is 58.0 Å². The van der Waals surface area contributed by atoms with Crippen molar-refractivity contribution in [1.29, 1.82) is 0 Å². The zero-order valence-electron chi connectivity index (χ0n) is 5.85. The molecule has 0 aliphatic heterocycles. The van der Waals surface area contributed by atoms with Crippen LogP contribution in [0.25, 0.3) is 0 Å². The Morgan fingerprint density at radius 2 is 2.12 bits per heavy atom. The van der Waals surface area contributed by atoms with E-state index in [-0.39, 0.29) is 0 Å². The zero-order chi connectivity index (χ0) is 6.57. The van der Waals surface area contributed by atoms with Crippen molar-refractivity contribution in [2.45, 2.75) is 21.2 Å². The fraction of sp³-hybridized carbons (Fsp3) is 0.833. The van der Waals surface area contributed by atoms with Crippen molar-refractivity contribution in [2.75, 3.05) is 0 Å². The first kappa shape index (κ1) is 8.47. The van der Waals surface area contributed by atoms with Gasteiger partial charge in [-0.3, -0.25) is 0 Å². The molecule has 0 aromatic rings. The minimum atomic E-state index is -1.05. The van der Waals surface area contributed by atoms with Gasteiger partial charge in [-0.1, -0.05) is 0 Å². The second kappa shape index (κ2) is 4.36. The van der Waals surface area contributed by atoms with E-state index >= 15 is 0 Å². The molecule has 0 aromatic heterocycles. The molecular weight excluding hydrogens is 207 g/mol. The van der Waals surface area contributed by atoms with Crippen molar-refractivity contribution < 1.29 is 4.79 Å². The topological polar surface area (TPSA) is 17.1 Å². The van der Waals surface area contributed by atoms with E-state index < -0.39 is 19.8 Å². The van der Waals surface area contributed by atoms with E-state index in [1.165, 1.54) is 4.44 Å². The Morgan fingerprint density at radius 3 is 2.25 bits per heavy atom. The van der Waals surface area contributed by atoms with E-state index in [4.69, 9.17) is 0 Å². The van der Waals surface area contributed by atoms with Gasteiger partial charge in [0.25, 0.3) is 0 Å². The summed E-state index contributed by atoms with van der Waals surface area (Å²) in [6, 6.07) is 0. The van der Waals surface area contributed by atoms with Crippen LogP contribution in [0, 0.1) is 5.92 Å². The summed E-state index contributed by atoms with van der Waals surface area (Å²) in [6.45, 7) is 2.00. The Labute approximate surface area is 58.2 Å².